The van der Waals surface area contributed by atoms with Crippen LogP contribution in [0.1, 0.15) is 22.6 Å². The second-order valence-electron chi connectivity index (χ2n) is 5.75. The van der Waals surface area contributed by atoms with Gasteiger partial charge < -0.3 is 14.1 Å². The summed E-state index contributed by atoms with van der Waals surface area (Å²) in [5.41, 5.74) is 1.01. The van der Waals surface area contributed by atoms with Crippen LogP contribution in [-0.4, -0.2) is 54.0 Å². The number of rotatable bonds is 5. The first kappa shape index (κ1) is 16.2. The molecule has 0 radical (unpaired) electrons. The van der Waals surface area contributed by atoms with Crippen LogP contribution < -0.4 is 0 Å². The number of thiazole rings is 1. The minimum atomic E-state index is -0.0365. The molecule has 0 N–H and O–H groups in total. The summed E-state index contributed by atoms with van der Waals surface area (Å²) in [6.07, 6.45) is 1.58. The highest BCUT2D eigenvalue weighted by Gasteiger charge is 2.26. The average Bonchev–Trinajstić information content (AvgIpc) is 3.19. The van der Waals surface area contributed by atoms with Crippen molar-refractivity contribution in [1.82, 2.24) is 14.8 Å². The van der Waals surface area contributed by atoms with E-state index in [1.54, 1.807) is 29.5 Å². The maximum atomic E-state index is 12.4. The molecule has 1 fully saturated rings. The minimum absolute atomic E-state index is 0.0365. The summed E-state index contributed by atoms with van der Waals surface area (Å²) in [5.74, 6) is 0.872. The largest absolute Gasteiger partial charge is 0.467 e. The number of carbonyl (C=O) groups excluding carboxylic acids is 1. The highest BCUT2D eigenvalue weighted by molar-refractivity contribution is 7.09. The van der Waals surface area contributed by atoms with E-state index in [0.29, 0.717) is 26.2 Å². The topological polar surface area (TPSA) is 58.8 Å². The Kier molecular flexibility index (Phi) is 5.09. The first-order valence-electron chi connectivity index (χ1n) is 7.64. The van der Waals surface area contributed by atoms with Crippen molar-refractivity contribution < 1.29 is 13.9 Å². The first-order chi connectivity index (χ1) is 11.1. The molecular formula is C16H21N3O3S. The number of carbonyl (C=O) groups is 1. The predicted molar refractivity (Wildman–Crippen MR) is 87.2 cm³/mol. The molecule has 0 saturated carbocycles. The van der Waals surface area contributed by atoms with Crippen LogP contribution in [0.2, 0.25) is 0 Å². The third-order valence-corrected chi connectivity index (χ3v) is 4.88. The van der Waals surface area contributed by atoms with Gasteiger partial charge in [0, 0.05) is 31.2 Å². The lowest BCUT2D eigenvalue weighted by molar-refractivity contribution is -0.134. The summed E-state index contributed by atoms with van der Waals surface area (Å²) in [7, 11) is 1.80. The average molecular weight is 335 g/mol. The third-order valence-electron chi connectivity index (χ3n) is 3.82. The molecule has 0 bridgehead atoms. The van der Waals surface area contributed by atoms with E-state index < -0.39 is 0 Å². The van der Waals surface area contributed by atoms with Gasteiger partial charge in [0.25, 0.3) is 0 Å². The third kappa shape index (κ3) is 4.19. The SMILES string of the molecule is Cc1csc([C@@H]2CN(CC(=O)N(C)Cc3ccco3)CCO2)n1. The fourth-order valence-corrected chi connectivity index (χ4v) is 3.39. The van der Waals surface area contributed by atoms with E-state index in [4.69, 9.17) is 9.15 Å². The molecule has 0 aromatic carbocycles. The van der Waals surface area contributed by atoms with Crippen LogP contribution >= 0.6 is 11.3 Å². The summed E-state index contributed by atoms with van der Waals surface area (Å²) >= 11 is 1.62. The van der Waals surface area contributed by atoms with Crippen LogP contribution in [0.15, 0.2) is 28.2 Å². The number of hydrogen-bond donors (Lipinski definition) is 0. The van der Waals surface area contributed by atoms with Gasteiger partial charge in [-0.15, -0.1) is 11.3 Å². The lowest BCUT2D eigenvalue weighted by Crippen LogP contribution is -2.44. The van der Waals surface area contributed by atoms with E-state index in [9.17, 15) is 4.79 Å². The molecule has 0 spiro atoms. The number of nitrogens with zero attached hydrogens (tertiary/aromatic N) is 3. The van der Waals surface area contributed by atoms with E-state index in [0.717, 1.165) is 23.0 Å². The Morgan fingerprint density at radius 2 is 2.43 bits per heavy atom. The van der Waals surface area contributed by atoms with E-state index >= 15 is 0 Å². The summed E-state index contributed by atoms with van der Waals surface area (Å²) in [6.45, 7) is 4.95. The Morgan fingerprint density at radius 3 is 3.13 bits per heavy atom. The molecule has 7 heteroatoms. The molecule has 1 amide bonds. The summed E-state index contributed by atoms with van der Waals surface area (Å²) < 4.78 is 11.1. The van der Waals surface area contributed by atoms with Crippen molar-refractivity contribution in [2.75, 3.05) is 33.3 Å². The summed E-state index contributed by atoms with van der Waals surface area (Å²) in [5, 5.41) is 3.02. The monoisotopic (exact) mass is 335 g/mol. The molecule has 1 aliphatic rings. The zero-order valence-corrected chi connectivity index (χ0v) is 14.2. The highest BCUT2D eigenvalue weighted by Crippen LogP contribution is 2.25. The van der Waals surface area contributed by atoms with E-state index in [2.05, 4.69) is 9.88 Å². The minimum Gasteiger partial charge on any atom is -0.467 e. The predicted octanol–water partition coefficient (Wildman–Crippen LogP) is 2.08. The van der Waals surface area contributed by atoms with Gasteiger partial charge in [-0.05, 0) is 19.1 Å². The zero-order chi connectivity index (χ0) is 16.2. The van der Waals surface area contributed by atoms with Crippen molar-refractivity contribution in [3.8, 4) is 0 Å². The van der Waals surface area contributed by atoms with Crippen molar-refractivity contribution in [2.24, 2.45) is 0 Å². The molecule has 3 heterocycles. The number of amides is 1. The lowest BCUT2D eigenvalue weighted by atomic mass is 10.2. The molecule has 0 aliphatic carbocycles. The maximum Gasteiger partial charge on any atom is 0.236 e. The van der Waals surface area contributed by atoms with Gasteiger partial charge in [-0.25, -0.2) is 4.98 Å². The Hall–Kier alpha value is -1.70. The Bertz CT molecular complexity index is 641. The van der Waals surface area contributed by atoms with Crippen LogP contribution in [0.5, 0.6) is 0 Å². The normalized spacial score (nSPS) is 19.0. The molecule has 124 valence electrons. The molecule has 0 unspecified atom stereocenters. The zero-order valence-electron chi connectivity index (χ0n) is 13.4. The van der Waals surface area contributed by atoms with Gasteiger partial charge in [0.1, 0.15) is 16.9 Å². The summed E-state index contributed by atoms with van der Waals surface area (Å²) in [6, 6.07) is 3.70. The summed E-state index contributed by atoms with van der Waals surface area (Å²) in [4.78, 5) is 20.7. The number of aryl methyl sites for hydroxylation is 1. The molecular weight excluding hydrogens is 314 g/mol. The van der Waals surface area contributed by atoms with Gasteiger partial charge in [-0.3, -0.25) is 9.69 Å². The van der Waals surface area contributed by atoms with Crippen molar-refractivity contribution in [1.29, 1.82) is 0 Å². The quantitative estimate of drug-likeness (QED) is 0.837. The molecule has 1 saturated heterocycles. The van der Waals surface area contributed by atoms with Crippen LogP contribution in [-0.2, 0) is 16.1 Å². The number of furan rings is 1. The van der Waals surface area contributed by atoms with Crippen molar-refractivity contribution >= 4 is 17.2 Å². The van der Waals surface area contributed by atoms with E-state index in [1.807, 2.05) is 24.4 Å². The van der Waals surface area contributed by atoms with E-state index in [-0.39, 0.29) is 12.0 Å². The Balaban J connectivity index is 1.53. The molecule has 2 aromatic heterocycles. The lowest BCUT2D eigenvalue weighted by Gasteiger charge is -2.32. The Morgan fingerprint density at radius 1 is 1.57 bits per heavy atom. The van der Waals surface area contributed by atoms with Crippen LogP contribution in [0, 0.1) is 6.92 Å². The van der Waals surface area contributed by atoms with Gasteiger partial charge in [0.05, 0.1) is 26.0 Å². The molecule has 23 heavy (non-hydrogen) atoms. The Labute approximate surface area is 139 Å². The smallest absolute Gasteiger partial charge is 0.236 e. The first-order valence-corrected chi connectivity index (χ1v) is 8.52. The van der Waals surface area contributed by atoms with Crippen molar-refractivity contribution in [2.45, 2.75) is 19.6 Å². The molecule has 6 nitrogen and oxygen atoms in total. The number of aromatic nitrogens is 1. The van der Waals surface area contributed by atoms with Crippen molar-refractivity contribution in [3.63, 3.8) is 0 Å². The van der Waals surface area contributed by atoms with Crippen LogP contribution in [0.3, 0.4) is 0 Å². The number of ether oxygens (including phenoxy) is 1. The molecule has 1 aliphatic heterocycles. The van der Waals surface area contributed by atoms with Crippen LogP contribution in [0.25, 0.3) is 0 Å². The maximum absolute atomic E-state index is 12.4. The van der Waals surface area contributed by atoms with E-state index in [1.165, 1.54) is 0 Å². The molecule has 3 rings (SSSR count). The van der Waals surface area contributed by atoms with Gasteiger partial charge in [-0.1, -0.05) is 0 Å². The fraction of sp³-hybridized carbons (Fsp3) is 0.500. The van der Waals surface area contributed by atoms with Gasteiger partial charge in [-0.2, -0.15) is 0 Å². The fourth-order valence-electron chi connectivity index (χ4n) is 2.55. The number of likely N-dealkylation sites (N-methyl/N-ethyl adjacent to an activating group) is 1. The highest BCUT2D eigenvalue weighted by atomic mass is 32.1. The van der Waals surface area contributed by atoms with Crippen LogP contribution in [0.4, 0.5) is 0 Å². The van der Waals surface area contributed by atoms with Crippen molar-refractivity contribution in [3.05, 3.63) is 40.2 Å². The second-order valence-corrected chi connectivity index (χ2v) is 6.64. The van der Waals surface area contributed by atoms with Gasteiger partial charge >= 0.3 is 0 Å². The van der Waals surface area contributed by atoms with Gasteiger partial charge in [0.15, 0.2) is 0 Å². The second kappa shape index (κ2) is 7.25. The number of morpholine rings is 1. The molecule has 2 aromatic rings. The number of hydrogen-bond acceptors (Lipinski definition) is 6. The molecule has 1 atom stereocenters. The standard InChI is InChI=1S/C16H21N3O3S/c1-12-11-23-16(17-12)14-9-19(5-7-22-14)10-15(20)18(2)8-13-4-3-6-21-13/h3-4,6,11,14H,5,7-10H2,1-2H3/t14-/m0/s1. The van der Waals surface area contributed by atoms with Gasteiger partial charge in [0.2, 0.25) is 5.91 Å².